The SMILES string of the molecule is C=CCNCC(N)=O.Cl. The van der Waals surface area contributed by atoms with Crippen LogP contribution in [0.25, 0.3) is 0 Å². The number of halogens is 1. The maximum atomic E-state index is 10.00. The monoisotopic (exact) mass is 150 g/mol. The lowest BCUT2D eigenvalue weighted by molar-refractivity contribution is -0.117. The zero-order chi connectivity index (χ0) is 6.41. The van der Waals surface area contributed by atoms with Gasteiger partial charge in [-0.1, -0.05) is 6.08 Å². The molecule has 0 fully saturated rings. The summed E-state index contributed by atoms with van der Waals surface area (Å²) in [5.41, 5.74) is 4.80. The van der Waals surface area contributed by atoms with Crippen LogP contribution in [-0.4, -0.2) is 19.0 Å². The van der Waals surface area contributed by atoms with Gasteiger partial charge >= 0.3 is 0 Å². The minimum absolute atomic E-state index is 0. The van der Waals surface area contributed by atoms with Crippen molar-refractivity contribution in [2.75, 3.05) is 13.1 Å². The van der Waals surface area contributed by atoms with Gasteiger partial charge in [0, 0.05) is 6.54 Å². The molecule has 0 aliphatic rings. The van der Waals surface area contributed by atoms with Crippen LogP contribution < -0.4 is 11.1 Å². The van der Waals surface area contributed by atoms with Crippen LogP contribution in [-0.2, 0) is 4.79 Å². The fourth-order valence-electron chi connectivity index (χ4n) is 0.297. The molecule has 0 radical (unpaired) electrons. The highest BCUT2D eigenvalue weighted by Crippen LogP contribution is 1.58. The molecule has 9 heavy (non-hydrogen) atoms. The summed E-state index contributed by atoms with van der Waals surface area (Å²) in [7, 11) is 0. The van der Waals surface area contributed by atoms with Gasteiger partial charge in [0.2, 0.25) is 5.91 Å². The first-order valence-electron chi connectivity index (χ1n) is 2.37. The number of amides is 1. The lowest BCUT2D eigenvalue weighted by atomic mass is 10.5. The Morgan fingerprint density at radius 2 is 2.33 bits per heavy atom. The van der Waals surface area contributed by atoms with Crippen molar-refractivity contribution in [1.29, 1.82) is 0 Å². The minimum atomic E-state index is -0.341. The molecule has 0 bridgehead atoms. The number of rotatable bonds is 4. The maximum Gasteiger partial charge on any atom is 0.231 e. The van der Waals surface area contributed by atoms with Crippen molar-refractivity contribution in [3.05, 3.63) is 12.7 Å². The quantitative estimate of drug-likeness (QED) is 0.426. The molecule has 0 saturated carbocycles. The van der Waals surface area contributed by atoms with Gasteiger partial charge in [-0.3, -0.25) is 4.79 Å². The summed E-state index contributed by atoms with van der Waals surface area (Å²) in [6.45, 7) is 4.30. The summed E-state index contributed by atoms with van der Waals surface area (Å²) < 4.78 is 0. The zero-order valence-corrected chi connectivity index (χ0v) is 5.91. The number of primary amides is 1. The number of nitrogens with one attached hydrogen (secondary N) is 1. The van der Waals surface area contributed by atoms with Crippen molar-refractivity contribution in [2.45, 2.75) is 0 Å². The summed E-state index contributed by atoms with van der Waals surface area (Å²) in [6.07, 6.45) is 1.67. The van der Waals surface area contributed by atoms with Crippen LogP contribution >= 0.6 is 12.4 Å². The largest absolute Gasteiger partial charge is 0.369 e. The smallest absolute Gasteiger partial charge is 0.231 e. The molecule has 0 aliphatic carbocycles. The highest BCUT2D eigenvalue weighted by Gasteiger charge is 1.86. The zero-order valence-electron chi connectivity index (χ0n) is 5.09. The van der Waals surface area contributed by atoms with Gasteiger partial charge in [0.05, 0.1) is 6.54 Å². The molecule has 0 aromatic heterocycles. The summed E-state index contributed by atoms with van der Waals surface area (Å²) in [6, 6.07) is 0. The van der Waals surface area contributed by atoms with Crippen LogP contribution in [0.15, 0.2) is 12.7 Å². The Morgan fingerprint density at radius 1 is 1.78 bits per heavy atom. The van der Waals surface area contributed by atoms with Crippen LogP contribution in [0, 0.1) is 0 Å². The first-order valence-corrected chi connectivity index (χ1v) is 2.37. The van der Waals surface area contributed by atoms with Gasteiger partial charge in [0.15, 0.2) is 0 Å². The number of carbonyl (C=O) groups excluding carboxylic acids is 1. The van der Waals surface area contributed by atoms with Crippen LogP contribution in [0.5, 0.6) is 0 Å². The van der Waals surface area contributed by atoms with E-state index in [1.165, 1.54) is 0 Å². The Kier molecular flexibility index (Phi) is 9.35. The molecule has 0 spiro atoms. The van der Waals surface area contributed by atoms with E-state index >= 15 is 0 Å². The number of nitrogens with two attached hydrogens (primary N) is 1. The number of hydrogen-bond donors (Lipinski definition) is 2. The summed E-state index contributed by atoms with van der Waals surface area (Å²) in [5, 5.41) is 2.74. The van der Waals surface area contributed by atoms with Gasteiger partial charge in [0.25, 0.3) is 0 Å². The molecule has 0 aliphatic heterocycles. The van der Waals surface area contributed by atoms with E-state index in [0.29, 0.717) is 6.54 Å². The fourth-order valence-corrected chi connectivity index (χ4v) is 0.297. The second-order valence-electron chi connectivity index (χ2n) is 1.39. The molecule has 54 valence electrons. The van der Waals surface area contributed by atoms with Gasteiger partial charge in [-0.05, 0) is 0 Å². The van der Waals surface area contributed by atoms with Crippen LogP contribution in [0.2, 0.25) is 0 Å². The second kappa shape index (κ2) is 7.46. The van der Waals surface area contributed by atoms with E-state index in [0.717, 1.165) is 0 Å². The molecule has 0 saturated heterocycles. The van der Waals surface area contributed by atoms with E-state index in [-0.39, 0.29) is 24.9 Å². The molecule has 1 amide bonds. The molecule has 0 atom stereocenters. The minimum Gasteiger partial charge on any atom is -0.369 e. The summed E-state index contributed by atoms with van der Waals surface area (Å²) >= 11 is 0. The fraction of sp³-hybridized carbons (Fsp3) is 0.400. The van der Waals surface area contributed by atoms with E-state index in [2.05, 4.69) is 11.9 Å². The first kappa shape index (κ1) is 11.3. The van der Waals surface area contributed by atoms with Crippen LogP contribution in [0.3, 0.4) is 0 Å². The molecular formula is C5H11ClN2O. The van der Waals surface area contributed by atoms with Gasteiger partial charge < -0.3 is 11.1 Å². The third-order valence-electron chi connectivity index (χ3n) is 0.588. The molecule has 0 rings (SSSR count). The first-order chi connectivity index (χ1) is 3.77. The van der Waals surface area contributed by atoms with Crippen molar-refractivity contribution < 1.29 is 4.79 Å². The van der Waals surface area contributed by atoms with Crippen molar-refractivity contribution in [3.8, 4) is 0 Å². The van der Waals surface area contributed by atoms with Gasteiger partial charge in [-0.2, -0.15) is 0 Å². The lowest BCUT2D eigenvalue weighted by Gasteiger charge is -1.92. The maximum absolute atomic E-state index is 10.00. The summed E-state index contributed by atoms with van der Waals surface area (Å²) in [5.74, 6) is -0.341. The average Bonchev–Trinajstić information content (AvgIpc) is 1.66. The molecule has 0 aromatic carbocycles. The second-order valence-corrected chi connectivity index (χ2v) is 1.39. The molecule has 0 unspecified atom stereocenters. The Balaban J connectivity index is 0. The summed E-state index contributed by atoms with van der Waals surface area (Å²) in [4.78, 5) is 10.00. The van der Waals surface area contributed by atoms with Gasteiger partial charge in [-0.15, -0.1) is 19.0 Å². The molecular weight excluding hydrogens is 140 g/mol. The third kappa shape index (κ3) is 11.2. The standard InChI is InChI=1S/C5H10N2O.ClH/c1-2-3-7-4-5(6)8;/h2,7H,1,3-4H2,(H2,6,8);1H. The van der Waals surface area contributed by atoms with Crippen molar-refractivity contribution in [3.63, 3.8) is 0 Å². The predicted molar refractivity (Wildman–Crippen MR) is 39.5 cm³/mol. The van der Waals surface area contributed by atoms with E-state index in [1.807, 2.05) is 0 Å². The van der Waals surface area contributed by atoms with Crippen LogP contribution in [0.4, 0.5) is 0 Å². The molecule has 0 aromatic rings. The molecule has 3 N–H and O–H groups in total. The molecule has 3 nitrogen and oxygen atoms in total. The topological polar surface area (TPSA) is 55.1 Å². The van der Waals surface area contributed by atoms with Crippen LogP contribution in [0.1, 0.15) is 0 Å². The Bertz CT molecular complexity index is 95.0. The third-order valence-corrected chi connectivity index (χ3v) is 0.588. The van der Waals surface area contributed by atoms with E-state index < -0.39 is 0 Å². The van der Waals surface area contributed by atoms with Crippen molar-refractivity contribution in [1.82, 2.24) is 5.32 Å². The van der Waals surface area contributed by atoms with E-state index in [1.54, 1.807) is 6.08 Å². The van der Waals surface area contributed by atoms with Crippen molar-refractivity contribution in [2.24, 2.45) is 5.73 Å². The Labute approximate surface area is 60.7 Å². The normalized spacial score (nSPS) is 7.56. The van der Waals surface area contributed by atoms with E-state index in [9.17, 15) is 4.79 Å². The van der Waals surface area contributed by atoms with Crippen molar-refractivity contribution >= 4 is 18.3 Å². The Hall–Kier alpha value is -0.540. The number of hydrogen-bond acceptors (Lipinski definition) is 2. The lowest BCUT2D eigenvalue weighted by Crippen LogP contribution is -2.28. The average molecular weight is 151 g/mol. The number of carbonyl (C=O) groups is 1. The predicted octanol–water partition coefficient (Wildman–Crippen LogP) is -0.331. The highest BCUT2D eigenvalue weighted by molar-refractivity contribution is 5.85. The molecule has 4 heteroatoms. The highest BCUT2D eigenvalue weighted by atomic mass is 35.5. The molecule has 0 heterocycles. The van der Waals surface area contributed by atoms with E-state index in [4.69, 9.17) is 5.73 Å². The Morgan fingerprint density at radius 3 is 2.67 bits per heavy atom. The van der Waals surface area contributed by atoms with Gasteiger partial charge in [-0.25, -0.2) is 0 Å². The van der Waals surface area contributed by atoms with Gasteiger partial charge in [0.1, 0.15) is 0 Å².